The summed E-state index contributed by atoms with van der Waals surface area (Å²) in [6.45, 7) is 0. The third-order valence-electron chi connectivity index (χ3n) is 4.92. The SMILES string of the molecule is O=C(Nc1ccc(F)cc1)c1cccc(NC(=O)[C@H]2[C@H](c3cc(Cl)cc(Cl)c3)C2(Cl)Cl)n1. The molecule has 0 unspecified atom stereocenters. The largest absolute Gasteiger partial charge is 0.321 e. The molecule has 3 aromatic rings. The normalized spacial score (nSPS) is 18.7. The van der Waals surface area contributed by atoms with Crippen LogP contribution < -0.4 is 10.6 Å². The topological polar surface area (TPSA) is 71.1 Å². The predicted octanol–water partition coefficient (Wildman–Crippen LogP) is 6.31. The van der Waals surface area contributed by atoms with Gasteiger partial charge >= 0.3 is 0 Å². The molecule has 1 aliphatic carbocycles. The first kappa shape index (κ1) is 22.8. The zero-order chi connectivity index (χ0) is 23.0. The maximum Gasteiger partial charge on any atom is 0.274 e. The summed E-state index contributed by atoms with van der Waals surface area (Å²) in [7, 11) is 0. The molecular weight excluding hydrogens is 499 g/mol. The number of benzene rings is 2. The van der Waals surface area contributed by atoms with Crippen molar-refractivity contribution in [1.82, 2.24) is 4.98 Å². The Bertz CT molecular complexity index is 1180. The fourth-order valence-electron chi connectivity index (χ4n) is 3.39. The summed E-state index contributed by atoms with van der Waals surface area (Å²) >= 11 is 24.8. The van der Waals surface area contributed by atoms with E-state index < -0.39 is 33.8 Å². The number of amides is 2. The van der Waals surface area contributed by atoms with Crippen molar-refractivity contribution >= 4 is 69.7 Å². The summed E-state index contributed by atoms with van der Waals surface area (Å²) in [6.07, 6.45) is 0. The molecule has 2 amide bonds. The molecular formula is C22H14Cl4FN3O2. The first-order chi connectivity index (χ1) is 15.1. The number of carbonyl (C=O) groups is 2. The molecule has 0 radical (unpaired) electrons. The van der Waals surface area contributed by atoms with Gasteiger partial charge in [0.2, 0.25) is 5.91 Å². The first-order valence-corrected chi connectivity index (χ1v) is 10.8. The van der Waals surface area contributed by atoms with Gasteiger partial charge in [-0.2, -0.15) is 0 Å². The summed E-state index contributed by atoms with van der Waals surface area (Å²) in [4.78, 5) is 29.4. The molecule has 0 aliphatic heterocycles. The molecule has 1 heterocycles. The molecule has 1 aliphatic rings. The van der Waals surface area contributed by atoms with E-state index in [4.69, 9.17) is 46.4 Å². The van der Waals surface area contributed by atoms with Crippen molar-refractivity contribution in [2.45, 2.75) is 10.3 Å². The van der Waals surface area contributed by atoms with Crippen LogP contribution in [0.4, 0.5) is 15.9 Å². The Hall–Kier alpha value is -2.38. The highest BCUT2D eigenvalue weighted by Crippen LogP contribution is 2.65. The average molecular weight is 513 g/mol. The highest BCUT2D eigenvalue weighted by molar-refractivity contribution is 6.53. The Labute approximate surface area is 202 Å². The molecule has 1 saturated carbocycles. The Morgan fingerprint density at radius 3 is 2.25 bits per heavy atom. The van der Waals surface area contributed by atoms with E-state index in [1.165, 1.54) is 36.4 Å². The molecule has 164 valence electrons. The van der Waals surface area contributed by atoms with Crippen molar-refractivity contribution in [1.29, 1.82) is 0 Å². The van der Waals surface area contributed by atoms with E-state index in [1.807, 2.05) is 0 Å². The zero-order valence-corrected chi connectivity index (χ0v) is 19.1. The molecule has 0 spiro atoms. The highest BCUT2D eigenvalue weighted by atomic mass is 35.5. The number of pyridine rings is 1. The van der Waals surface area contributed by atoms with E-state index in [0.29, 0.717) is 21.3 Å². The van der Waals surface area contributed by atoms with E-state index >= 15 is 0 Å². The van der Waals surface area contributed by atoms with Gasteiger partial charge in [0.05, 0.1) is 5.92 Å². The quantitative estimate of drug-likeness (QED) is 0.394. The number of nitrogens with one attached hydrogen (secondary N) is 2. The lowest BCUT2D eigenvalue weighted by atomic mass is 10.1. The number of nitrogens with zero attached hydrogens (tertiary/aromatic N) is 1. The molecule has 10 heteroatoms. The minimum atomic E-state index is -1.34. The number of aromatic nitrogens is 1. The summed E-state index contributed by atoms with van der Waals surface area (Å²) < 4.78 is 11.7. The molecule has 0 bridgehead atoms. The van der Waals surface area contributed by atoms with Crippen LogP contribution in [0, 0.1) is 11.7 Å². The number of alkyl halides is 2. The van der Waals surface area contributed by atoms with Crippen molar-refractivity contribution in [3.63, 3.8) is 0 Å². The van der Waals surface area contributed by atoms with Crippen LogP contribution in [-0.2, 0) is 4.79 Å². The summed E-state index contributed by atoms with van der Waals surface area (Å²) in [6, 6.07) is 14.8. The molecule has 4 rings (SSSR count). The molecule has 5 nitrogen and oxygen atoms in total. The van der Waals surface area contributed by atoms with Gasteiger partial charge in [-0.1, -0.05) is 29.3 Å². The molecule has 2 aromatic carbocycles. The predicted molar refractivity (Wildman–Crippen MR) is 124 cm³/mol. The fourth-order valence-corrected chi connectivity index (χ4v) is 4.76. The van der Waals surface area contributed by atoms with Crippen molar-refractivity contribution in [3.05, 3.63) is 87.8 Å². The van der Waals surface area contributed by atoms with Gasteiger partial charge in [0.1, 0.15) is 21.7 Å². The molecule has 32 heavy (non-hydrogen) atoms. The molecule has 1 fully saturated rings. The van der Waals surface area contributed by atoms with Crippen LogP contribution in [0.15, 0.2) is 60.7 Å². The van der Waals surface area contributed by atoms with Crippen LogP contribution in [0.1, 0.15) is 22.0 Å². The Morgan fingerprint density at radius 1 is 0.938 bits per heavy atom. The lowest BCUT2D eigenvalue weighted by Gasteiger charge is -2.08. The van der Waals surface area contributed by atoms with E-state index in [-0.39, 0.29) is 11.5 Å². The Morgan fingerprint density at radius 2 is 1.59 bits per heavy atom. The number of hydrogen-bond acceptors (Lipinski definition) is 3. The van der Waals surface area contributed by atoms with Gasteiger partial charge in [-0.25, -0.2) is 9.37 Å². The summed E-state index contributed by atoms with van der Waals surface area (Å²) in [5, 5.41) is 6.06. The van der Waals surface area contributed by atoms with Crippen molar-refractivity contribution in [2.75, 3.05) is 10.6 Å². The van der Waals surface area contributed by atoms with Crippen LogP contribution in [0.25, 0.3) is 0 Å². The van der Waals surface area contributed by atoms with Crippen LogP contribution in [0.5, 0.6) is 0 Å². The number of carbonyl (C=O) groups excluding carboxylic acids is 2. The van der Waals surface area contributed by atoms with Gasteiger partial charge in [0, 0.05) is 21.7 Å². The third kappa shape index (κ3) is 4.84. The minimum Gasteiger partial charge on any atom is -0.321 e. The van der Waals surface area contributed by atoms with E-state index in [0.717, 1.165) is 0 Å². The monoisotopic (exact) mass is 511 g/mol. The molecule has 0 saturated heterocycles. The number of anilines is 2. The second-order valence-electron chi connectivity index (χ2n) is 7.19. The lowest BCUT2D eigenvalue weighted by Crippen LogP contribution is -2.19. The van der Waals surface area contributed by atoms with Crippen LogP contribution in [0.3, 0.4) is 0 Å². The van der Waals surface area contributed by atoms with Gasteiger partial charge in [-0.15, -0.1) is 23.2 Å². The fraction of sp³-hybridized carbons (Fsp3) is 0.136. The van der Waals surface area contributed by atoms with Crippen molar-refractivity contribution in [2.24, 2.45) is 5.92 Å². The lowest BCUT2D eigenvalue weighted by molar-refractivity contribution is -0.117. The van der Waals surface area contributed by atoms with E-state index in [1.54, 1.807) is 24.3 Å². The molecule has 2 N–H and O–H groups in total. The standard InChI is InChI=1S/C22H14Cl4FN3O2/c23-12-8-11(9-13(24)10-12)18-19(22(18,25)26)21(32)30-17-3-1-2-16(29-17)20(31)28-15-6-4-14(27)5-7-15/h1-10,18-19H,(H,28,31)(H,29,30,32)/t18-,19+/m0/s1. The number of halogens is 5. The van der Waals surface area contributed by atoms with Crippen molar-refractivity contribution < 1.29 is 14.0 Å². The molecule has 1 aromatic heterocycles. The summed E-state index contributed by atoms with van der Waals surface area (Å²) in [5.41, 5.74) is 1.11. The van der Waals surface area contributed by atoms with Gasteiger partial charge in [-0.3, -0.25) is 9.59 Å². The second kappa shape index (κ2) is 8.87. The second-order valence-corrected chi connectivity index (χ2v) is 9.51. The average Bonchev–Trinajstić information content (AvgIpc) is 3.31. The maximum absolute atomic E-state index is 13.0. The number of rotatable bonds is 5. The smallest absolute Gasteiger partial charge is 0.274 e. The number of hydrogen-bond donors (Lipinski definition) is 2. The van der Waals surface area contributed by atoms with Crippen LogP contribution >= 0.6 is 46.4 Å². The van der Waals surface area contributed by atoms with E-state index in [2.05, 4.69) is 15.6 Å². The van der Waals surface area contributed by atoms with Crippen LogP contribution in [0.2, 0.25) is 10.0 Å². The van der Waals surface area contributed by atoms with Gasteiger partial charge in [0.25, 0.3) is 5.91 Å². The zero-order valence-electron chi connectivity index (χ0n) is 16.1. The highest BCUT2D eigenvalue weighted by Gasteiger charge is 2.67. The van der Waals surface area contributed by atoms with Gasteiger partial charge in [0.15, 0.2) is 0 Å². The third-order valence-corrected chi connectivity index (χ3v) is 6.29. The Kier molecular flexibility index (Phi) is 6.32. The van der Waals surface area contributed by atoms with Gasteiger partial charge in [-0.05, 0) is 60.2 Å². The van der Waals surface area contributed by atoms with Gasteiger partial charge < -0.3 is 10.6 Å². The molecule has 2 atom stereocenters. The first-order valence-electron chi connectivity index (χ1n) is 9.34. The van der Waals surface area contributed by atoms with E-state index in [9.17, 15) is 14.0 Å². The summed E-state index contributed by atoms with van der Waals surface area (Å²) in [5.74, 6) is -2.51. The van der Waals surface area contributed by atoms with Crippen molar-refractivity contribution in [3.8, 4) is 0 Å². The van der Waals surface area contributed by atoms with Crippen LogP contribution in [-0.4, -0.2) is 21.1 Å². The maximum atomic E-state index is 13.0. The Balaban J connectivity index is 1.47. The minimum absolute atomic E-state index is 0.0594.